The van der Waals surface area contributed by atoms with Crippen molar-refractivity contribution >= 4 is 29.4 Å². The van der Waals surface area contributed by atoms with Crippen molar-refractivity contribution in [2.24, 2.45) is 0 Å². The molecule has 4 amide bonds. The fraction of sp³-hybridized carbons (Fsp3) is 0.370. The minimum atomic E-state index is -0.682. The number of nitrogens with one attached hydrogen (secondary N) is 3. The third-order valence-corrected chi connectivity index (χ3v) is 5.92. The van der Waals surface area contributed by atoms with Crippen molar-refractivity contribution in [3.63, 3.8) is 0 Å². The Morgan fingerprint density at radius 2 is 1.75 bits per heavy atom. The van der Waals surface area contributed by atoms with Crippen molar-refractivity contribution in [2.45, 2.75) is 40.2 Å². The zero-order chi connectivity index (χ0) is 26.2. The monoisotopic (exact) mass is 494 g/mol. The normalized spacial score (nSPS) is 15.4. The van der Waals surface area contributed by atoms with Crippen molar-refractivity contribution in [1.82, 2.24) is 10.2 Å². The topological polar surface area (TPSA) is 109 Å². The summed E-state index contributed by atoms with van der Waals surface area (Å²) in [6.07, 6.45) is 0.742. The first-order chi connectivity index (χ1) is 17.2. The van der Waals surface area contributed by atoms with Gasteiger partial charge in [-0.1, -0.05) is 36.8 Å². The minimum absolute atomic E-state index is 0.110. The number of aryl methyl sites for hydroxylation is 2. The van der Waals surface area contributed by atoms with Gasteiger partial charge in [-0.25, -0.2) is 14.4 Å². The van der Waals surface area contributed by atoms with Crippen LogP contribution in [-0.2, 0) is 14.3 Å². The Bertz CT molecular complexity index is 1140. The first-order valence-electron chi connectivity index (χ1n) is 11.9. The lowest BCUT2D eigenvalue weighted by atomic mass is 9.94. The van der Waals surface area contributed by atoms with Crippen LogP contribution in [-0.4, -0.2) is 49.8 Å². The fourth-order valence-corrected chi connectivity index (χ4v) is 4.08. The van der Waals surface area contributed by atoms with Crippen LogP contribution >= 0.6 is 0 Å². The number of ether oxygens (including phenoxy) is 2. The van der Waals surface area contributed by atoms with Gasteiger partial charge in [0.1, 0.15) is 6.61 Å². The number of hydrogen-bond donors (Lipinski definition) is 3. The molecule has 0 radical (unpaired) electrons. The minimum Gasteiger partial charge on any atom is -0.460 e. The van der Waals surface area contributed by atoms with Gasteiger partial charge in [-0.2, -0.15) is 0 Å². The summed E-state index contributed by atoms with van der Waals surface area (Å²) in [6, 6.07) is 11.5. The molecule has 192 valence electrons. The molecule has 9 heteroatoms. The van der Waals surface area contributed by atoms with Gasteiger partial charge in [0.25, 0.3) is 0 Å². The smallest absolute Gasteiger partial charge is 0.338 e. The number of rotatable bonds is 9. The first-order valence-corrected chi connectivity index (χ1v) is 11.9. The molecule has 9 nitrogen and oxygen atoms in total. The van der Waals surface area contributed by atoms with Gasteiger partial charge in [0.05, 0.1) is 18.2 Å². The summed E-state index contributed by atoms with van der Waals surface area (Å²) < 4.78 is 10.4. The Morgan fingerprint density at radius 1 is 1.03 bits per heavy atom. The van der Waals surface area contributed by atoms with Gasteiger partial charge in [-0.05, 0) is 56.5 Å². The molecule has 3 N–H and O–H groups in total. The number of nitrogens with zero attached hydrogens (tertiary/aromatic N) is 1. The largest absolute Gasteiger partial charge is 0.460 e. The highest BCUT2D eigenvalue weighted by molar-refractivity contribution is 6.00. The van der Waals surface area contributed by atoms with E-state index in [1.807, 2.05) is 39.0 Å². The van der Waals surface area contributed by atoms with E-state index in [2.05, 4.69) is 16.0 Å². The Kier molecular flexibility index (Phi) is 9.08. The van der Waals surface area contributed by atoms with Gasteiger partial charge in [-0.15, -0.1) is 0 Å². The molecule has 3 rings (SSSR count). The molecule has 36 heavy (non-hydrogen) atoms. The molecule has 2 aromatic carbocycles. The molecule has 0 saturated heterocycles. The molecule has 0 saturated carbocycles. The van der Waals surface area contributed by atoms with Crippen molar-refractivity contribution in [1.29, 1.82) is 0 Å². The molecular formula is C27H34N4O5. The number of esters is 1. The van der Waals surface area contributed by atoms with Gasteiger partial charge in [0.2, 0.25) is 0 Å². The van der Waals surface area contributed by atoms with Crippen molar-refractivity contribution < 1.29 is 23.9 Å². The van der Waals surface area contributed by atoms with Crippen LogP contribution in [0, 0.1) is 13.8 Å². The number of hydrogen-bond acceptors (Lipinski definition) is 5. The summed E-state index contributed by atoms with van der Waals surface area (Å²) in [7, 11) is 1.53. The second-order valence-corrected chi connectivity index (χ2v) is 8.68. The van der Waals surface area contributed by atoms with Gasteiger partial charge < -0.3 is 25.4 Å². The lowest BCUT2D eigenvalue weighted by Gasteiger charge is -2.35. The van der Waals surface area contributed by atoms with Crippen LogP contribution < -0.4 is 16.0 Å². The SMILES string of the molecule is CCCN1C(=O)NC(c2ccc(NC(=O)Nc3ccc(C)cc3C)cc2)C(C(=O)OCCOC)=C1C. The molecule has 0 aromatic heterocycles. The molecule has 0 bridgehead atoms. The number of carbonyl (C=O) groups excluding carboxylic acids is 3. The van der Waals surface area contributed by atoms with E-state index in [9.17, 15) is 14.4 Å². The second kappa shape index (κ2) is 12.2. The van der Waals surface area contributed by atoms with E-state index in [1.165, 1.54) is 7.11 Å². The van der Waals surface area contributed by atoms with Gasteiger partial charge in [-0.3, -0.25) is 4.90 Å². The highest BCUT2D eigenvalue weighted by Gasteiger charge is 2.36. The van der Waals surface area contributed by atoms with E-state index in [1.54, 1.807) is 36.1 Å². The molecular weight excluding hydrogens is 460 g/mol. The van der Waals surface area contributed by atoms with Crippen LogP contribution in [0.4, 0.5) is 21.0 Å². The van der Waals surface area contributed by atoms with Gasteiger partial charge in [0, 0.05) is 30.7 Å². The first kappa shape index (κ1) is 26.7. The van der Waals surface area contributed by atoms with Crippen LogP contribution in [0.3, 0.4) is 0 Å². The third kappa shape index (κ3) is 6.42. The van der Waals surface area contributed by atoms with Crippen LogP contribution in [0.15, 0.2) is 53.7 Å². The van der Waals surface area contributed by atoms with Crippen LogP contribution in [0.25, 0.3) is 0 Å². The molecule has 2 aromatic rings. The summed E-state index contributed by atoms with van der Waals surface area (Å²) in [5.74, 6) is -0.509. The summed E-state index contributed by atoms with van der Waals surface area (Å²) in [5, 5.41) is 8.58. The van der Waals surface area contributed by atoms with Crippen molar-refractivity contribution in [3.8, 4) is 0 Å². The Hall–Kier alpha value is -3.85. The molecule has 1 unspecified atom stereocenters. The maximum Gasteiger partial charge on any atom is 0.338 e. The summed E-state index contributed by atoms with van der Waals surface area (Å²) in [6.45, 7) is 8.52. The predicted molar refractivity (Wildman–Crippen MR) is 139 cm³/mol. The summed E-state index contributed by atoms with van der Waals surface area (Å²) in [4.78, 5) is 39.8. The molecule has 0 spiro atoms. The van der Waals surface area contributed by atoms with Crippen molar-refractivity contribution in [2.75, 3.05) is 37.5 Å². The second-order valence-electron chi connectivity index (χ2n) is 8.68. The number of urea groups is 2. The number of carbonyl (C=O) groups is 3. The Morgan fingerprint density at radius 3 is 2.39 bits per heavy atom. The lowest BCUT2D eigenvalue weighted by Crippen LogP contribution is -2.48. The lowest BCUT2D eigenvalue weighted by molar-refractivity contribution is -0.140. The van der Waals surface area contributed by atoms with Crippen molar-refractivity contribution in [3.05, 3.63) is 70.4 Å². The summed E-state index contributed by atoms with van der Waals surface area (Å²) in [5.41, 5.74) is 5.01. The third-order valence-electron chi connectivity index (χ3n) is 5.92. The molecule has 1 aliphatic rings. The molecule has 1 heterocycles. The fourth-order valence-electron chi connectivity index (χ4n) is 4.08. The number of benzene rings is 2. The molecule has 1 atom stereocenters. The zero-order valence-electron chi connectivity index (χ0n) is 21.4. The highest BCUT2D eigenvalue weighted by Crippen LogP contribution is 2.32. The number of anilines is 2. The maximum atomic E-state index is 13.0. The van der Waals surface area contributed by atoms with Crippen LogP contribution in [0.1, 0.15) is 43.0 Å². The highest BCUT2D eigenvalue weighted by atomic mass is 16.6. The number of methoxy groups -OCH3 is 1. The average molecular weight is 495 g/mol. The Balaban J connectivity index is 1.78. The molecule has 0 fully saturated rings. The van der Waals surface area contributed by atoms with Crippen LogP contribution in [0.2, 0.25) is 0 Å². The summed E-state index contributed by atoms with van der Waals surface area (Å²) >= 11 is 0. The molecule has 1 aliphatic heterocycles. The molecule has 0 aliphatic carbocycles. The van der Waals surface area contributed by atoms with Crippen LogP contribution in [0.5, 0.6) is 0 Å². The number of amides is 4. The van der Waals surface area contributed by atoms with E-state index >= 15 is 0 Å². The number of allylic oxidation sites excluding steroid dienone is 1. The zero-order valence-corrected chi connectivity index (χ0v) is 21.4. The standard InChI is InChI=1S/C27H34N4O5/c1-6-13-31-19(4)23(25(32)36-15-14-35-5)24(30-27(31)34)20-8-10-21(11-9-20)28-26(33)29-22-12-7-17(2)16-18(22)3/h7-12,16,24H,6,13-15H2,1-5H3,(H,30,34)(H2,28,29,33). The maximum absolute atomic E-state index is 13.0. The van der Waals surface area contributed by atoms with Gasteiger partial charge in [0.15, 0.2) is 0 Å². The van der Waals surface area contributed by atoms with Gasteiger partial charge >= 0.3 is 18.0 Å². The van der Waals surface area contributed by atoms with E-state index in [0.717, 1.165) is 23.2 Å². The van der Waals surface area contributed by atoms with E-state index in [0.29, 0.717) is 29.1 Å². The Labute approximate surface area is 211 Å². The average Bonchev–Trinajstić information content (AvgIpc) is 2.83. The quantitative estimate of drug-likeness (QED) is 0.340. The van der Waals surface area contributed by atoms with E-state index in [-0.39, 0.29) is 25.3 Å². The predicted octanol–water partition coefficient (Wildman–Crippen LogP) is 4.89. The van der Waals surface area contributed by atoms with E-state index < -0.39 is 12.0 Å². The van der Waals surface area contributed by atoms with E-state index in [4.69, 9.17) is 9.47 Å².